The lowest BCUT2D eigenvalue weighted by molar-refractivity contribution is 0.242. The maximum absolute atomic E-state index is 12.6. The zero-order valence-electron chi connectivity index (χ0n) is 15.6. The predicted molar refractivity (Wildman–Crippen MR) is 120 cm³/mol. The van der Waals surface area contributed by atoms with Crippen LogP contribution in [0.2, 0.25) is 10.0 Å². The lowest BCUT2D eigenvalue weighted by Crippen LogP contribution is -2.43. The van der Waals surface area contributed by atoms with E-state index in [1.54, 1.807) is 12.1 Å². The number of imidazole rings is 1. The third kappa shape index (κ3) is 3.32. The first-order valence-electron chi connectivity index (χ1n) is 9.37. The van der Waals surface area contributed by atoms with Crippen molar-refractivity contribution in [3.8, 4) is 0 Å². The molecule has 3 aromatic carbocycles. The summed E-state index contributed by atoms with van der Waals surface area (Å²) in [5, 5.41) is 6.94. The second-order valence-electron chi connectivity index (χ2n) is 6.95. The van der Waals surface area contributed by atoms with Crippen LogP contribution in [0, 0.1) is 0 Å². The zero-order chi connectivity index (χ0) is 20.7. The smallest absolute Gasteiger partial charge is 0.320 e. The number of amides is 2. The summed E-state index contributed by atoms with van der Waals surface area (Å²) in [7, 11) is 0. The fourth-order valence-electron chi connectivity index (χ4n) is 3.70. The molecule has 7 heteroatoms. The Morgan fingerprint density at radius 1 is 0.900 bits per heavy atom. The van der Waals surface area contributed by atoms with Crippen molar-refractivity contribution in [1.82, 2.24) is 20.6 Å². The van der Waals surface area contributed by atoms with Gasteiger partial charge in [0.15, 0.2) is 0 Å². The minimum Gasteiger partial charge on any atom is -0.338 e. The predicted octanol–water partition coefficient (Wildman–Crippen LogP) is 5.79. The number of hydrogen-bond acceptors (Lipinski definition) is 2. The van der Waals surface area contributed by atoms with Crippen molar-refractivity contribution < 1.29 is 4.79 Å². The van der Waals surface area contributed by atoms with Crippen LogP contribution in [0.5, 0.6) is 0 Å². The first-order valence-corrected chi connectivity index (χ1v) is 10.1. The molecule has 2 amide bonds. The molecule has 1 aromatic heterocycles. The fraction of sp³-hybridized carbons (Fsp3) is 0.0435. The molecule has 5 rings (SSSR count). The topological polar surface area (TPSA) is 69.8 Å². The van der Waals surface area contributed by atoms with Crippen LogP contribution in [0.3, 0.4) is 0 Å². The van der Waals surface area contributed by atoms with E-state index < -0.39 is 6.04 Å². The van der Waals surface area contributed by atoms with E-state index in [2.05, 4.69) is 15.6 Å². The van der Waals surface area contributed by atoms with Gasteiger partial charge in [-0.3, -0.25) is 0 Å². The molecule has 1 aliphatic heterocycles. The number of urea groups is 1. The number of aromatic nitrogens is 2. The van der Waals surface area contributed by atoms with Crippen molar-refractivity contribution in [3.05, 3.63) is 99.8 Å². The van der Waals surface area contributed by atoms with Gasteiger partial charge in [0.25, 0.3) is 0 Å². The number of aromatic amines is 1. The van der Waals surface area contributed by atoms with Crippen LogP contribution in [0.4, 0.5) is 4.79 Å². The van der Waals surface area contributed by atoms with Crippen LogP contribution in [-0.2, 0) is 0 Å². The van der Waals surface area contributed by atoms with Gasteiger partial charge in [-0.05, 0) is 35.4 Å². The van der Waals surface area contributed by atoms with E-state index >= 15 is 0 Å². The quantitative estimate of drug-likeness (QED) is 0.381. The number of carbonyl (C=O) groups is 1. The molecule has 148 valence electrons. The summed E-state index contributed by atoms with van der Waals surface area (Å²) in [6.07, 6.45) is 0. The SMILES string of the molecule is O=C1NC(c2ccccc2)=C(c2nc3ccccc3[nH]2)[C@@H](c2ccc(Cl)cc2Cl)N1. The average molecular weight is 435 g/mol. The minimum absolute atomic E-state index is 0.315. The fourth-order valence-corrected chi connectivity index (χ4v) is 4.22. The monoisotopic (exact) mass is 434 g/mol. The molecule has 4 aromatic rings. The summed E-state index contributed by atoms with van der Waals surface area (Å²) in [5.41, 5.74) is 4.82. The number of halogens is 2. The van der Waals surface area contributed by atoms with Gasteiger partial charge in [0.1, 0.15) is 5.82 Å². The van der Waals surface area contributed by atoms with Gasteiger partial charge in [-0.2, -0.15) is 0 Å². The minimum atomic E-state index is -0.515. The highest BCUT2D eigenvalue weighted by Crippen LogP contribution is 2.40. The number of para-hydroxylation sites is 2. The van der Waals surface area contributed by atoms with Gasteiger partial charge in [0, 0.05) is 15.6 Å². The molecule has 2 heterocycles. The molecule has 3 N–H and O–H groups in total. The summed E-state index contributed by atoms with van der Waals surface area (Å²) in [4.78, 5) is 20.8. The molecule has 0 fully saturated rings. The van der Waals surface area contributed by atoms with Gasteiger partial charge in [-0.15, -0.1) is 0 Å². The summed E-state index contributed by atoms with van der Waals surface area (Å²) in [5.74, 6) is 0.651. The van der Waals surface area contributed by atoms with Gasteiger partial charge in [-0.25, -0.2) is 9.78 Å². The Morgan fingerprint density at radius 3 is 2.43 bits per heavy atom. The van der Waals surface area contributed by atoms with Crippen molar-refractivity contribution in [2.75, 3.05) is 0 Å². The van der Waals surface area contributed by atoms with Gasteiger partial charge in [0.2, 0.25) is 0 Å². The van der Waals surface area contributed by atoms with Crippen LogP contribution in [0.15, 0.2) is 72.8 Å². The highest BCUT2D eigenvalue weighted by Gasteiger charge is 2.33. The Kier molecular flexibility index (Phi) is 4.69. The maximum atomic E-state index is 12.6. The maximum Gasteiger partial charge on any atom is 0.320 e. The molecule has 0 aliphatic carbocycles. The second-order valence-corrected chi connectivity index (χ2v) is 7.80. The van der Waals surface area contributed by atoms with E-state index in [0.717, 1.165) is 27.7 Å². The summed E-state index contributed by atoms with van der Waals surface area (Å²) in [6.45, 7) is 0. The van der Waals surface area contributed by atoms with Gasteiger partial charge in [0.05, 0.1) is 22.8 Å². The molecular weight excluding hydrogens is 419 g/mol. The van der Waals surface area contributed by atoms with Crippen LogP contribution in [0.25, 0.3) is 22.3 Å². The van der Waals surface area contributed by atoms with Crippen LogP contribution >= 0.6 is 23.2 Å². The number of rotatable bonds is 3. The molecule has 0 spiro atoms. The van der Waals surface area contributed by atoms with E-state index in [1.807, 2.05) is 60.7 Å². The third-order valence-electron chi connectivity index (χ3n) is 5.05. The highest BCUT2D eigenvalue weighted by molar-refractivity contribution is 6.35. The molecule has 0 unspecified atom stereocenters. The number of fused-ring (bicyclic) bond motifs is 1. The van der Waals surface area contributed by atoms with E-state index in [0.29, 0.717) is 21.6 Å². The van der Waals surface area contributed by atoms with Crippen LogP contribution in [-0.4, -0.2) is 16.0 Å². The van der Waals surface area contributed by atoms with E-state index in [-0.39, 0.29) is 6.03 Å². The zero-order valence-corrected chi connectivity index (χ0v) is 17.1. The van der Waals surface area contributed by atoms with Gasteiger partial charge >= 0.3 is 6.03 Å². The average Bonchev–Trinajstić information content (AvgIpc) is 3.17. The first kappa shape index (κ1) is 18.7. The molecule has 0 bridgehead atoms. The Balaban J connectivity index is 1.79. The molecule has 1 aliphatic rings. The summed E-state index contributed by atoms with van der Waals surface area (Å²) in [6, 6.07) is 21.9. The first-order chi connectivity index (χ1) is 14.6. The number of carbonyl (C=O) groups excluding carboxylic acids is 1. The van der Waals surface area contributed by atoms with Crippen molar-refractivity contribution >= 4 is 51.5 Å². The van der Waals surface area contributed by atoms with E-state index in [4.69, 9.17) is 28.2 Å². The Bertz CT molecular complexity index is 1260. The number of benzene rings is 3. The van der Waals surface area contributed by atoms with E-state index in [9.17, 15) is 4.79 Å². The highest BCUT2D eigenvalue weighted by atomic mass is 35.5. The number of nitrogens with zero attached hydrogens (tertiary/aromatic N) is 1. The molecular formula is C23H16Cl2N4O. The van der Waals surface area contributed by atoms with Crippen molar-refractivity contribution in [1.29, 1.82) is 0 Å². The molecule has 5 nitrogen and oxygen atoms in total. The molecule has 0 saturated heterocycles. The lowest BCUT2D eigenvalue weighted by atomic mass is 9.92. The van der Waals surface area contributed by atoms with Crippen molar-refractivity contribution in [2.45, 2.75) is 6.04 Å². The molecule has 0 radical (unpaired) electrons. The second kappa shape index (κ2) is 7.52. The van der Waals surface area contributed by atoms with Crippen LogP contribution in [0.1, 0.15) is 23.0 Å². The van der Waals surface area contributed by atoms with Crippen LogP contribution < -0.4 is 10.6 Å². The standard InChI is InChI=1S/C23H16Cl2N4O/c24-14-10-11-15(16(25)12-14)21-19(22-26-17-8-4-5-9-18(17)27-22)20(28-23(30)29-21)13-6-2-1-3-7-13/h1-12,21H,(H,26,27)(H2,28,29,30)/t21-/m1/s1. The largest absolute Gasteiger partial charge is 0.338 e. The van der Waals surface area contributed by atoms with Gasteiger partial charge < -0.3 is 15.6 Å². The third-order valence-corrected chi connectivity index (χ3v) is 5.61. The number of hydrogen-bond donors (Lipinski definition) is 3. The summed E-state index contributed by atoms with van der Waals surface area (Å²) < 4.78 is 0. The normalized spacial score (nSPS) is 16.5. The van der Waals surface area contributed by atoms with Gasteiger partial charge in [-0.1, -0.05) is 71.7 Å². The van der Waals surface area contributed by atoms with E-state index in [1.165, 1.54) is 0 Å². The molecule has 30 heavy (non-hydrogen) atoms. The Hall–Kier alpha value is -3.28. The molecule has 0 saturated carbocycles. The van der Waals surface area contributed by atoms with Crippen molar-refractivity contribution in [2.24, 2.45) is 0 Å². The number of nitrogens with one attached hydrogen (secondary N) is 3. The van der Waals surface area contributed by atoms with Crippen molar-refractivity contribution in [3.63, 3.8) is 0 Å². The summed E-state index contributed by atoms with van der Waals surface area (Å²) >= 11 is 12.6. The lowest BCUT2D eigenvalue weighted by Gasteiger charge is -2.30. The number of H-pyrrole nitrogens is 1. The Morgan fingerprint density at radius 2 is 1.67 bits per heavy atom. The molecule has 1 atom stereocenters. The Labute approximate surface area is 182 Å².